The molecule has 2 aromatic carbocycles. The first-order valence-corrected chi connectivity index (χ1v) is 8.61. The Morgan fingerprint density at radius 2 is 1.84 bits per heavy atom. The number of carbonyl (C=O) groups excluding carboxylic acids is 1. The summed E-state index contributed by atoms with van der Waals surface area (Å²) in [5.41, 5.74) is 1.78. The average Bonchev–Trinajstić information content (AvgIpc) is 2.55. The Bertz CT molecular complexity index is 711. The highest BCUT2D eigenvalue weighted by molar-refractivity contribution is 6.32. The van der Waals surface area contributed by atoms with Gasteiger partial charge >= 0.3 is 0 Å². The van der Waals surface area contributed by atoms with Crippen LogP contribution in [0.5, 0.6) is 5.75 Å². The molecule has 2 rings (SSSR count). The van der Waals surface area contributed by atoms with Gasteiger partial charge in [0.2, 0.25) is 5.91 Å². The Labute approximate surface area is 154 Å². The summed E-state index contributed by atoms with van der Waals surface area (Å²) in [7, 11) is 1.56. The molecule has 134 valence electrons. The summed E-state index contributed by atoms with van der Waals surface area (Å²) in [5, 5.41) is 6.68. The molecule has 1 amide bonds. The molecule has 25 heavy (non-hydrogen) atoms. The van der Waals surface area contributed by atoms with Gasteiger partial charge in [-0.3, -0.25) is 4.79 Å². The SMILES string of the molecule is COc1ccc(NC(=O)CNC(c2ccccc2)C(C)(C)C)cc1Cl. The lowest BCUT2D eigenvalue weighted by Gasteiger charge is -2.32. The maximum Gasteiger partial charge on any atom is 0.238 e. The first kappa shape index (κ1) is 19.3. The lowest BCUT2D eigenvalue weighted by Crippen LogP contribution is -2.37. The van der Waals surface area contributed by atoms with E-state index in [9.17, 15) is 4.79 Å². The van der Waals surface area contributed by atoms with Crippen LogP contribution in [0.2, 0.25) is 5.02 Å². The monoisotopic (exact) mass is 360 g/mol. The number of hydrogen-bond acceptors (Lipinski definition) is 3. The van der Waals surface area contributed by atoms with Gasteiger partial charge in [-0.05, 0) is 29.2 Å². The van der Waals surface area contributed by atoms with Crippen molar-refractivity contribution in [1.82, 2.24) is 5.32 Å². The second-order valence-corrected chi connectivity index (χ2v) is 7.40. The molecule has 1 unspecified atom stereocenters. The molecule has 0 aliphatic carbocycles. The van der Waals surface area contributed by atoms with E-state index in [-0.39, 0.29) is 23.9 Å². The van der Waals surface area contributed by atoms with E-state index in [2.05, 4.69) is 43.5 Å². The van der Waals surface area contributed by atoms with E-state index in [4.69, 9.17) is 16.3 Å². The van der Waals surface area contributed by atoms with Crippen LogP contribution in [-0.4, -0.2) is 19.6 Å². The highest BCUT2D eigenvalue weighted by Crippen LogP contribution is 2.32. The molecule has 0 aliphatic heterocycles. The van der Waals surface area contributed by atoms with E-state index in [0.29, 0.717) is 16.5 Å². The summed E-state index contributed by atoms with van der Waals surface area (Å²) >= 11 is 6.09. The number of amides is 1. The molecule has 0 aromatic heterocycles. The van der Waals surface area contributed by atoms with Gasteiger partial charge in [0, 0.05) is 11.7 Å². The van der Waals surface area contributed by atoms with E-state index in [1.165, 1.54) is 0 Å². The summed E-state index contributed by atoms with van der Waals surface area (Å²) in [4.78, 5) is 12.3. The van der Waals surface area contributed by atoms with Crippen molar-refractivity contribution in [3.8, 4) is 5.75 Å². The van der Waals surface area contributed by atoms with Crippen molar-refractivity contribution in [1.29, 1.82) is 0 Å². The number of halogens is 1. The van der Waals surface area contributed by atoms with Crippen LogP contribution in [0.15, 0.2) is 48.5 Å². The molecular formula is C20H25ClN2O2. The van der Waals surface area contributed by atoms with Crippen LogP contribution in [0.3, 0.4) is 0 Å². The van der Waals surface area contributed by atoms with Crippen molar-refractivity contribution < 1.29 is 9.53 Å². The average molecular weight is 361 g/mol. The Morgan fingerprint density at radius 1 is 1.16 bits per heavy atom. The Balaban J connectivity index is 2.01. The second kappa shape index (κ2) is 8.37. The van der Waals surface area contributed by atoms with Gasteiger partial charge in [0.15, 0.2) is 0 Å². The summed E-state index contributed by atoms with van der Waals surface area (Å²) in [6.45, 7) is 6.66. The zero-order valence-electron chi connectivity index (χ0n) is 15.1. The molecule has 2 N–H and O–H groups in total. The van der Waals surface area contributed by atoms with Gasteiger partial charge in [0.25, 0.3) is 0 Å². The van der Waals surface area contributed by atoms with E-state index >= 15 is 0 Å². The summed E-state index contributed by atoms with van der Waals surface area (Å²) in [6, 6.07) is 15.4. The summed E-state index contributed by atoms with van der Waals surface area (Å²) < 4.78 is 5.11. The van der Waals surface area contributed by atoms with Gasteiger partial charge in [-0.2, -0.15) is 0 Å². The molecule has 0 bridgehead atoms. The van der Waals surface area contributed by atoms with Gasteiger partial charge in [-0.1, -0.05) is 62.7 Å². The van der Waals surface area contributed by atoms with Crippen LogP contribution in [0, 0.1) is 5.41 Å². The first-order chi connectivity index (χ1) is 11.8. The van der Waals surface area contributed by atoms with Crippen molar-refractivity contribution in [3.05, 3.63) is 59.1 Å². The molecule has 0 radical (unpaired) electrons. The molecule has 0 aliphatic rings. The molecular weight excluding hydrogens is 336 g/mol. The molecule has 0 heterocycles. The number of hydrogen-bond donors (Lipinski definition) is 2. The molecule has 1 atom stereocenters. The number of nitrogens with one attached hydrogen (secondary N) is 2. The minimum atomic E-state index is -0.119. The number of benzene rings is 2. The van der Waals surface area contributed by atoms with Crippen molar-refractivity contribution in [2.24, 2.45) is 5.41 Å². The quantitative estimate of drug-likeness (QED) is 0.787. The predicted octanol–water partition coefficient (Wildman–Crippen LogP) is 4.66. The molecule has 4 nitrogen and oxygen atoms in total. The Morgan fingerprint density at radius 3 is 2.40 bits per heavy atom. The third-order valence-electron chi connectivity index (χ3n) is 3.90. The lowest BCUT2D eigenvalue weighted by molar-refractivity contribution is -0.115. The fraction of sp³-hybridized carbons (Fsp3) is 0.350. The molecule has 5 heteroatoms. The maximum absolute atomic E-state index is 12.3. The van der Waals surface area contributed by atoms with E-state index in [0.717, 1.165) is 5.56 Å². The molecule has 0 fully saturated rings. The van der Waals surface area contributed by atoms with Crippen molar-refractivity contribution in [2.75, 3.05) is 19.0 Å². The standard InChI is InChI=1S/C20H25ClN2O2/c1-20(2,3)19(14-8-6-5-7-9-14)22-13-18(24)23-15-10-11-17(25-4)16(21)12-15/h5-12,19,22H,13H2,1-4H3,(H,23,24). The fourth-order valence-electron chi connectivity index (χ4n) is 2.71. The van der Waals surface area contributed by atoms with E-state index in [1.54, 1.807) is 25.3 Å². The van der Waals surface area contributed by atoms with E-state index < -0.39 is 0 Å². The minimum absolute atomic E-state index is 0.0228. The molecule has 2 aromatic rings. The topological polar surface area (TPSA) is 50.4 Å². The van der Waals surface area contributed by atoms with Crippen LogP contribution in [0.4, 0.5) is 5.69 Å². The van der Waals surface area contributed by atoms with Gasteiger partial charge in [-0.15, -0.1) is 0 Å². The highest BCUT2D eigenvalue weighted by Gasteiger charge is 2.26. The third-order valence-corrected chi connectivity index (χ3v) is 4.20. The van der Waals surface area contributed by atoms with Gasteiger partial charge in [0.1, 0.15) is 5.75 Å². The third kappa shape index (κ3) is 5.48. The van der Waals surface area contributed by atoms with Crippen molar-refractivity contribution in [3.63, 3.8) is 0 Å². The van der Waals surface area contributed by atoms with Crippen LogP contribution < -0.4 is 15.4 Å². The highest BCUT2D eigenvalue weighted by atomic mass is 35.5. The smallest absolute Gasteiger partial charge is 0.238 e. The number of rotatable bonds is 6. The first-order valence-electron chi connectivity index (χ1n) is 8.23. The second-order valence-electron chi connectivity index (χ2n) is 6.99. The summed E-state index contributed by atoms with van der Waals surface area (Å²) in [6.07, 6.45) is 0. The van der Waals surface area contributed by atoms with Crippen LogP contribution in [0.25, 0.3) is 0 Å². The number of anilines is 1. The summed E-state index contributed by atoms with van der Waals surface area (Å²) in [5.74, 6) is 0.459. The van der Waals surface area contributed by atoms with Crippen LogP contribution >= 0.6 is 11.6 Å². The Kier molecular flexibility index (Phi) is 6.45. The fourth-order valence-corrected chi connectivity index (χ4v) is 2.97. The molecule has 0 spiro atoms. The zero-order chi connectivity index (χ0) is 18.4. The van der Waals surface area contributed by atoms with Crippen molar-refractivity contribution >= 4 is 23.2 Å². The predicted molar refractivity (Wildman–Crippen MR) is 103 cm³/mol. The molecule has 0 saturated heterocycles. The maximum atomic E-state index is 12.3. The van der Waals surface area contributed by atoms with Crippen molar-refractivity contribution in [2.45, 2.75) is 26.8 Å². The van der Waals surface area contributed by atoms with Gasteiger partial charge in [0.05, 0.1) is 18.7 Å². The van der Waals surface area contributed by atoms with Gasteiger partial charge in [-0.25, -0.2) is 0 Å². The number of ether oxygens (including phenoxy) is 1. The molecule has 0 saturated carbocycles. The minimum Gasteiger partial charge on any atom is -0.495 e. The number of methoxy groups -OCH3 is 1. The van der Waals surface area contributed by atoms with Gasteiger partial charge < -0.3 is 15.4 Å². The zero-order valence-corrected chi connectivity index (χ0v) is 15.9. The normalized spacial score (nSPS) is 12.5. The van der Waals surface area contributed by atoms with E-state index in [1.807, 2.05) is 18.2 Å². The van der Waals surface area contributed by atoms with Crippen LogP contribution in [-0.2, 0) is 4.79 Å². The Hall–Kier alpha value is -2.04. The van der Waals surface area contributed by atoms with Crippen LogP contribution in [0.1, 0.15) is 32.4 Å². The number of carbonyl (C=O) groups is 1. The lowest BCUT2D eigenvalue weighted by atomic mass is 9.82. The largest absolute Gasteiger partial charge is 0.495 e.